The van der Waals surface area contributed by atoms with Crippen LogP contribution in [0.1, 0.15) is 0 Å². The second-order valence-electron chi connectivity index (χ2n) is 3.00. The molecule has 0 bridgehead atoms. The van der Waals surface area contributed by atoms with E-state index in [0.717, 1.165) is 0 Å². The Kier molecular flexibility index (Phi) is 2.16. The van der Waals surface area contributed by atoms with Crippen LogP contribution >= 0.6 is 0 Å². The Morgan fingerprint density at radius 2 is 1.67 bits per heavy atom. The number of nitrogens with zero attached hydrogens (tertiary/aromatic N) is 1. The highest BCUT2D eigenvalue weighted by atomic mass is 28.4. The summed E-state index contributed by atoms with van der Waals surface area (Å²) in [5, 5.41) is 0. The predicted octanol–water partition coefficient (Wildman–Crippen LogP) is 0.260. The van der Waals surface area contributed by atoms with Crippen molar-refractivity contribution in [2.75, 3.05) is 7.11 Å². The largest absolute Gasteiger partial charge is 0.402 e. The quantitative estimate of drug-likeness (QED) is 0.458. The topological polar surface area (TPSA) is 46.6 Å². The standard InChI is InChI=1S/C7H11NO3Si/c1-11-12(2,3)8-6(9)4-5-7(8)10/h4-5H,1-3H3. The first-order chi connectivity index (χ1) is 5.49. The summed E-state index contributed by atoms with van der Waals surface area (Å²) in [6.07, 6.45) is 2.55. The van der Waals surface area contributed by atoms with Gasteiger partial charge in [0.2, 0.25) is 11.8 Å². The van der Waals surface area contributed by atoms with Crippen LogP contribution in [0.5, 0.6) is 0 Å². The highest BCUT2D eigenvalue weighted by Crippen LogP contribution is 2.15. The zero-order valence-electron chi connectivity index (χ0n) is 7.33. The number of hydrogen-bond donors (Lipinski definition) is 0. The van der Waals surface area contributed by atoms with Gasteiger partial charge in [0.05, 0.1) is 0 Å². The van der Waals surface area contributed by atoms with Crippen LogP contribution < -0.4 is 0 Å². The molecule has 0 aliphatic carbocycles. The van der Waals surface area contributed by atoms with E-state index in [1.54, 1.807) is 13.1 Å². The minimum Gasteiger partial charge on any atom is -0.402 e. The molecule has 0 N–H and O–H groups in total. The van der Waals surface area contributed by atoms with E-state index in [-0.39, 0.29) is 11.8 Å². The number of carbonyl (C=O) groups excluding carboxylic acids is 2. The van der Waals surface area contributed by atoms with Gasteiger partial charge in [0, 0.05) is 19.3 Å². The molecular formula is C7H11NO3Si. The first kappa shape index (κ1) is 9.15. The minimum absolute atomic E-state index is 0.265. The van der Waals surface area contributed by atoms with E-state index in [4.69, 9.17) is 4.43 Å². The molecule has 0 saturated carbocycles. The normalized spacial score (nSPS) is 17.8. The third kappa shape index (κ3) is 1.33. The summed E-state index contributed by atoms with van der Waals surface area (Å²) in [5.41, 5.74) is 0. The highest BCUT2D eigenvalue weighted by Gasteiger charge is 2.40. The van der Waals surface area contributed by atoms with E-state index in [2.05, 4.69) is 0 Å². The molecule has 12 heavy (non-hydrogen) atoms. The van der Waals surface area contributed by atoms with Crippen LogP contribution in [-0.2, 0) is 14.0 Å². The van der Waals surface area contributed by atoms with Gasteiger partial charge < -0.3 is 4.43 Å². The fourth-order valence-corrected chi connectivity index (χ4v) is 2.42. The van der Waals surface area contributed by atoms with Gasteiger partial charge in [-0.2, -0.15) is 0 Å². The molecule has 0 fully saturated rings. The molecule has 1 aliphatic rings. The molecule has 0 aromatic heterocycles. The van der Waals surface area contributed by atoms with Gasteiger partial charge in [-0.05, 0) is 13.1 Å². The minimum atomic E-state index is -2.30. The second kappa shape index (κ2) is 2.84. The van der Waals surface area contributed by atoms with E-state index in [1.807, 2.05) is 0 Å². The van der Waals surface area contributed by atoms with Crippen LogP contribution in [0.4, 0.5) is 0 Å². The first-order valence-electron chi connectivity index (χ1n) is 3.60. The maximum absolute atomic E-state index is 11.2. The fraction of sp³-hybridized carbons (Fsp3) is 0.429. The molecule has 0 atom stereocenters. The number of hydrogen-bond acceptors (Lipinski definition) is 3. The van der Waals surface area contributed by atoms with Crippen molar-refractivity contribution in [3.05, 3.63) is 12.2 Å². The van der Waals surface area contributed by atoms with E-state index in [9.17, 15) is 9.59 Å². The summed E-state index contributed by atoms with van der Waals surface area (Å²) in [5.74, 6) is -0.531. The Hall–Kier alpha value is -0.943. The predicted molar refractivity (Wildman–Crippen MR) is 45.5 cm³/mol. The third-order valence-electron chi connectivity index (χ3n) is 1.85. The van der Waals surface area contributed by atoms with Gasteiger partial charge in [-0.3, -0.25) is 14.2 Å². The molecule has 66 valence electrons. The molecule has 0 aromatic carbocycles. The maximum atomic E-state index is 11.2. The van der Waals surface area contributed by atoms with Crippen molar-refractivity contribution in [3.8, 4) is 0 Å². The summed E-state index contributed by atoms with van der Waals surface area (Å²) in [6, 6.07) is 0. The zero-order chi connectivity index (χ0) is 9.35. The van der Waals surface area contributed by atoms with E-state index in [0.29, 0.717) is 0 Å². The lowest BCUT2D eigenvalue weighted by Crippen LogP contribution is -2.53. The van der Waals surface area contributed by atoms with Crippen molar-refractivity contribution in [1.29, 1.82) is 0 Å². The molecule has 0 aromatic rings. The lowest BCUT2D eigenvalue weighted by atomic mass is 10.6. The summed E-state index contributed by atoms with van der Waals surface area (Å²) in [4.78, 5) is 22.3. The van der Waals surface area contributed by atoms with Crippen molar-refractivity contribution in [1.82, 2.24) is 4.57 Å². The van der Waals surface area contributed by atoms with Crippen LogP contribution in [0.15, 0.2) is 12.2 Å². The monoisotopic (exact) mass is 185 g/mol. The van der Waals surface area contributed by atoms with Gasteiger partial charge in [0.15, 0.2) is 0 Å². The van der Waals surface area contributed by atoms with Crippen LogP contribution in [0.3, 0.4) is 0 Å². The summed E-state index contributed by atoms with van der Waals surface area (Å²) in [7, 11) is -0.780. The van der Waals surface area contributed by atoms with Crippen LogP contribution in [0, 0.1) is 0 Å². The molecular weight excluding hydrogens is 174 g/mol. The smallest absolute Gasteiger partial charge is 0.304 e. The molecule has 0 unspecified atom stereocenters. The van der Waals surface area contributed by atoms with Gasteiger partial charge >= 0.3 is 8.48 Å². The van der Waals surface area contributed by atoms with E-state index >= 15 is 0 Å². The Labute approximate surface area is 72.0 Å². The van der Waals surface area contributed by atoms with Crippen LogP contribution in [-0.4, -0.2) is 32.0 Å². The first-order valence-corrected chi connectivity index (χ1v) is 6.46. The number of amides is 2. The Balaban J connectivity index is 2.90. The van der Waals surface area contributed by atoms with Crippen molar-refractivity contribution in [2.24, 2.45) is 0 Å². The Morgan fingerprint density at radius 3 is 2.00 bits per heavy atom. The average Bonchev–Trinajstić information content (AvgIpc) is 2.31. The lowest BCUT2D eigenvalue weighted by molar-refractivity contribution is -0.132. The van der Waals surface area contributed by atoms with Gasteiger partial charge in [-0.1, -0.05) is 0 Å². The lowest BCUT2D eigenvalue weighted by Gasteiger charge is -2.29. The van der Waals surface area contributed by atoms with Crippen LogP contribution in [0.25, 0.3) is 0 Å². The fourth-order valence-electron chi connectivity index (χ4n) is 1.02. The molecule has 2 amide bonds. The van der Waals surface area contributed by atoms with Crippen molar-refractivity contribution in [2.45, 2.75) is 13.1 Å². The number of rotatable bonds is 2. The molecule has 4 nitrogen and oxygen atoms in total. The Morgan fingerprint density at radius 1 is 1.25 bits per heavy atom. The zero-order valence-corrected chi connectivity index (χ0v) is 8.33. The average molecular weight is 185 g/mol. The molecule has 0 spiro atoms. The van der Waals surface area contributed by atoms with Crippen molar-refractivity contribution in [3.63, 3.8) is 0 Å². The van der Waals surface area contributed by atoms with Crippen molar-refractivity contribution >= 4 is 20.3 Å². The van der Waals surface area contributed by atoms with Gasteiger partial charge in [-0.25, -0.2) is 0 Å². The van der Waals surface area contributed by atoms with Crippen LogP contribution in [0.2, 0.25) is 13.1 Å². The maximum Gasteiger partial charge on any atom is 0.304 e. The molecule has 5 heteroatoms. The molecule has 0 radical (unpaired) electrons. The van der Waals surface area contributed by atoms with Gasteiger partial charge in [0.1, 0.15) is 0 Å². The van der Waals surface area contributed by atoms with Gasteiger partial charge in [-0.15, -0.1) is 0 Å². The van der Waals surface area contributed by atoms with E-state index in [1.165, 1.54) is 23.8 Å². The van der Waals surface area contributed by atoms with E-state index < -0.39 is 8.48 Å². The SMILES string of the molecule is CO[Si](C)(C)N1C(=O)C=CC1=O. The molecule has 0 saturated heterocycles. The summed E-state index contributed by atoms with van der Waals surface area (Å²) < 4.78 is 6.36. The molecule has 1 heterocycles. The van der Waals surface area contributed by atoms with Gasteiger partial charge in [0.25, 0.3) is 0 Å². The summed E-state index contributed by atoms with van der Waals surface area (Å²) >= 11 is 0. The highest BCUT2D eigenvalue weighted by molar-refractivity contribution is 6.74. The number of imide groups is 1. The Bertz CT molecular complexity index is 241. The molecule has 1 rings (SSSR count). The summed E-state index contributed by atoms with van der Waals surface area (Å²) in [6.45, 7) is 3.60. The third-order valence-corrected chi connectivity index (χ3v) is 4.36. The molecule has 1 aliphatic heterocycles. The second-order valence-corrected chi connectivity index (χ2v) is 6.75. The van der Waals surface area contributed by atoms with Crippen molar-refractivity contribution < 1.29 is 14.0 Å². The number of carbonyl (C=O) groups is 2.